The van der Waals surface area contributed by atoms with E-state index in [-0.39, 0.29) is 5.91 Å². The lowest BCUT2D eigenvalue weighted by molar-refractivity contribution is 0.0992. The Kier molecular flexibility index (Phi) is 4.16. The molecule has 0 unspecified atom stereocenters. The predicted octanol–water partition coefficient (Wildman–Crippen LogP) is 3.30. The summed E-state index contributed by atoms with van der Waals surface area (Å²) in [6.07, 6.45) is 2.90. The fraction of sp³-hybridized carbons (Fsp3) is 0.133. The molecule has 0 radical (unpaired) electrons. The molecule has 0 saturated carbocycles. The van der Waals surface area contributed by atoms with Gasteiger partial charge in [-0.25, -0.2) is 0 Å². The van der Waals surface area contributed by atoms with Crippen molar-refractivity contribution in [2.45, 2.75) is 6.92 Å². The minimum atomic E-state index is -0.198. The zero-order valence-electron chi connectivity index (χ0n) is 11.1. The molecule has 2 aromatic rings. The Morgan fingerprint density at radius 3 is 2.80 bits per heavy atom. The molecule has 5 heteroatoms. The number of carbonyl (C=O) groups is 1. The maximum Gasteiger partial charge on any atom is 0.259 e. The van der Waals surface area contributed by atoms with Gasteiger partial charge in [0.15, 0.2) is 0 Å². The second kappa shape index (κ2) is 5.85. The van der Waals surface area contributed by atoms with Crippen LogP contribution in [0.2, 0.25) is 0 Å². The van der Waals surface area contributed by atoms with Crippen LogP contribution < -0.4 is 4.90 Å². The highest BCUT2D eigenvalue weighted by atomic mass is 79.9. The van der Waals surface area contributed by atoms with E-state index in [1.54, 1.807) is 18.0 Å². The zero-order chi connectivity index (χ0) is 14.7. The Morgan fingerprint density at radius 2 is 2.10 bits per heavy atom. The molecule has 2 rings (SSSR count). The van der Waals surface area contributed by atoms with Crippen molar-refractivity contribution in [3.63, 3.8) is 0 Å². The maximum absolute atomic E-state index is 12.4. The summed E-state index contributed by atoms with van der Waals surface area (Å²) in [5.74, 6) is -0.198. The molecule has 0 atom stereocenters. The lowest BCUT2D eigenvalue weighted by Crippen LogP contribution is -2.27. The van der Waals surface area contributed by atoms with Gasteiger partial charge in [0.2, 0.25) is 0 Å². The molecular formula is C15H12BrN3O. The summed E-state index contributed by atoms with van der Waals surface area (Å²) < 4.78 is 0.904. The molecular weight excluding hydrogens is 318 g/mol. The summed E-state index contributed by atoms with van der Waals surface area (Å²) in [7, 11) is 1.70. The zero-order valence-corrected chi connectivity index (χ0v) is 12.7. The van der Waals surface area contributed by atoms with E-state index in [4.69, 9.17) is 5.26 Å². The number of pyridine rings is 1. The van der Waals surface area contributed by atoms with Crippen molar-refractivity contribution in [1.82, 2.24) is 4.98 Å². The molecule has 1 heterocycles. The van der Waals surface area contributed by atoms with Crippen LogP contribution in [0.15, 0.2) is 41.1 Å². The van der Waals surface area contributed by atoms with Crippen molar-refractivity contribution in [3.8, 4) is 6.07 Å². The number of aromatic nitrogens is 1. The molecule has 100 valence electrons. The monoisotopic (exact) mass is 329 g/mol. The van der Waals surface area contributed by atoms with Crippen LogP contribution in [-0.2, 0) is 0 Å². The number of carbonyl (C=O) groups excluding carboxylic acids is 1. The number of hydrogen-bond donors (Lipinski definition) is 0. The summed E-state index contributed by atoms with van der Waals surface area (Å²) >= 11 is 3.40. The second-order valence-electron chi connectivity index (χ2n) is 4.37. The van der Waals surface area contributed by atoms with E-state index in [0.29, 0.717) is 11.1 Å². The Bertz CT molecular complexity index is 707. The smallest absolute Gasteiger partial charge is 0.259 e. The largest absolute Gasteiger partial charge is 0.311 e. The van der Waals surface area contributed by atoms with E-state index in [1.165, 1.54) is 12.4 Å². The Hall–Kier alpha value is -2.19. The van der Waals surface area contributed by atoms with Gasteiger partial charge in [-0.15, -0.1) is 0 Å². The number of hydrogen-bond acceptors (Lipinski definition) is 3. The van der Waals surface area contributed by atoms with Crippen LogP contribution in [0.3, 0.4) is 0 Å². The van der Waals surface area contributed by atoms with Crippen LogP contribution in [0.1, 0.15) is 21.5 Å². The number of benzene rings is 1. The summed E-state index contributed by atoms with van der Waals surface area (Å²) in [6.45, 7) is 1.94. The Balaban J connectivity index is 2.37. The fourth-order valence-corrected chi connectivity index (χ4v) is 2.21. The number of halogens is 1. The molecule has 1 aromatic heterocycles. The van der Waals surface area contributed by atoms with Gasteiger partial charge in [0.05, 0.1) is 11.1 Å². The first-order valence-electron chi connectivity index (χ1n) is 5.92. The van der Waals surface area contributed by atoms with Crippen molar-refractivity contribution in [1.29, 1.82) is 5.26 Å². The molecule has 0 aliphatic rings. The van der Waals surface area contributed by atoms with Crippen molar-refractivity contribution < 1.29 is 4.79 Å². The molecule has 0 aliphatic heterocycles. The molecule has 0 spiro atoms. The van der Waals surface area contributed by atoms with Crippen LogP contribution in [-0.4, -0.2) is 17.9 Å². The standard InChI is InChI=1S/C15H12BrN3O/c1-10-3-4-13(16)6-14(10)19(2)15(20)12-5-11(7-17)8-18-9-12/h3-6,8-9H,1-2H3. The van der Waals surface area contributed by atoms with Gasteiger partial charge < -0.3 is 4.90 Å². The first-order chi connectivity index (χ1) is 9.52. The molecule has 0 bridgehead atoms. The van der Waals surface area contributed by atoms with E-state index in [2.05, 4.69) is 20.9 Å². The van der Waals surface area contributed by atoms with Gasteiger partial charge in [0, 0.05) is 29.6 Å². The van der Waals surface area contributed by atoms with E-state index < -0.39 is 0 Å². The molecule has 0 saturated heterocycles. The van der Waals surface area contributed by atoms with Crippen LogP contribution >= 0.6 is 15.9 Å². The number of nitriles is 1. The number of nitrogens with zero attached hydrogens (tertiary/aromatic N) is 3. The Morgan fingerprint density at radius 1 is 1.35 bits per heavy atom. The molecule has 0 N–H and O–H groups in total. The highest BCUT2D eigenvalue weighted by Gasteiger charge is 2.16. The van der Waals surface area contributed by atoms with E-state index in [1.807, 2.05) is 31.2 Å². The van der Waals surface area contributed by atoms with Gasteiger partial charge >= 0.3 is 0 Å². The summed E-state index contributed by atoms with van der Waals surface area (Å²) in [6, 6.07) is 9.27. The van der Waals surface area contributed by atoms with Crippen molar-refractivity contribution in [2.24, 2.45) is 0 Å². The highest BCUT2D eigenvalue weighted by molar-refractivity contribution is 9.10. The van der Waals surface area contributed by atoms with Gasteiger partial charge in [-0.3, -0.25) is 9.78 Å². The summed E-state index contributed by atoms with van der Waals surface area (Å²) in [5.41, 5.74) is 2.57. The van der Waals surface area contributed by atoms with E-state index in [9.17, 15) is 4.79 Å². The third-order valence-electron chi connectivity index (χ3n) is 2.95. The molecule has 20 heavy (non-hydrogen) atoms. The van der Waals surface area contributed by atoms with Crippen LogP contribution in [0.25, 0.3) is 0 Å². The van der Waals surface area contributed by atoms with E-state index in [0.717, 1.165) is 15.7 Å². The first kappa shape index (κ1) is 14.2. The van der Waals surface area contributed by atoms with Crippen LogP contribution in [0, 0.1) is 18.3 Å². The SMILES string of the molecule is Cc1ccc(Br)cc1N(C)C(=O)c1cncc(C#N)c1. The average Bonchev–Trinajstić information content (AvgIpc) is 2.48. The van der Waals surface area contributed by atoms with Gasteiger partial charge in [0.25, 0.3) is 5.91 Å². The average molecular weight is 330 g/mol. The Labute approximate surface area is 125 Å². The lowest BCUT2D eigenvalue weighted by atomic mass is 10.1. The van der Waals surface area contributed by atoms with Gasteiger partial charge in [0.1, 0.15) is 6.07 Å². The topological polar surface area (TPSA) is 57.0 Å². The molecule has 1 amide bonds. The molecule has 4 nitrogen and oxygen atoms in total. The summed E-state index contributed by atoms with van der Waals surface area (Å²) in [4.78, 5) is 17.9. The quantitative estimate of drug-likeness (QED) is 0.849. The third-order valence-corrected chi connectivity index (χ3v) is 3.44. The maximum atomic E-state index is 12.4. The number of aryl methyl sites for hydroxylation is 1. The lowest BCUT2D eigenvalue weighted by Gasteiger charge is -2.20. The number of amides is 1. The second-order valence-corrected chi connectivity index (χ2v) is 5.28. The van der Waals surface area contributed by atoms with Crippen LogP contribution in [0.4, 0.5) is 5.69 Å². The summed E-state index contributed by atoms with van der Waals surface area (Å²) in [5, 5.41) is 8.86. The minimum absolute atomic E-state index is 0.198. The van der Waals surface area contributed by atoms with Crippen molar-refractivity contribution >= 4 is 27.5 Å². The third kappa shape index (κ3) is 2.86. The number of rotatable bonds is 2. The van der Waals surface area contributed by atoms with Gasteiger partial charge in [-0.1, -0.05) is 22.0 Å². The first-order valence-corrected chi connectivity index (χ1v) is 6.71. The van der Waals surface area contributed by atoms with Gasteiger partial charge in [-0.05, 0) is 30.7 Å². The molecule has 0 fully saturated rings. The van der Waals surface area contributed by atoms with Crippen molar-refractivity contribution in [2.75, 3.05) is 11.9 Å². The normalized spacial score (nSPS) is 9.90. The van der Waals surface area contributed by atoms with Crippen LogP contribution in [0.5, 0.6) is 0 Å². The predicted molar refractivity (Wildman–Crippen MR) is 80.6 cm³/mol. The molecule has 1 aromatic carbocycles. The number of anilines is 1. The molecule has 0 aliphatic carbocycles. The fourth-order valence-electron chi connectivity index (χ4n) is 1.86. The van der Waals surface area contributed by atoms with Gasteiger partial charge in [-0.2, -0.15) is 5.26 Å². The van der Waals surface area contributed by atoms with E-state index >= 15 is 0 Å². The van der Waals surface area contributed by atoms with Crippen molar-refractivity contribution in [3.05, 3.63) is 57.8 Å². The highest BCUT2D eigenvalue weighted by Crippen LogP contribution is 2.24. The minimum Gasteiger partial charge on any atom is -0.311 e.